The first-order valence-electron chi connectivity index (χ1n) is 7.65. The molecule has 22 heavy (non-hydrogen) atoms. The molecule has 1 aliphatic rings. The van der Waals surface area contributed by atoms with Crippen molar-refractivity contribution < 1.29 is 0 Å². The van der Waals surface area contributed by atoms with Crippen LogP contribution in [0.1, 0.15) is 11.6 Å². The Hall–Kier alpha value is -2.74. The summed E-state index contributed by atoms with van der Waals surface area (Å²) in [5.74, 6) is 0. The Morgan fingerprint density at radius 2 is 1.36 bits per heavy atom. The van der Waals surface area contributed by atoms with Crippen LogP contribution in [0.5, 0.6) is 0 Å². The Bertz CT molecular complexity index is 753. The molecule has 108 valence electrons. The summed E-state index contributed by atoms with van der Waals surface area (Å²) in [4.78, 5) is 2.39. The van der Waals surface area contributed by atoms with Crippen LogP contribution in [0.3, 0.4) is 0 Å². The van der Waals surface area contributed by atoms with Crippen LogP contribution in [-0.2, 0) is 0 Å². The maximum absolute atomic E-state index is 3.67. The van der Waals surface area contributed by atoms with Gasteiger partial charge in [-0.1, -0.05) is 60.7 Å². The van der Waals surface area contributed by atoms with Gasteiger partial charge >= 0.3 is 0 Å². The molecule has 1 aliphatic heterocycles. The summed E-state index contributed by atoms with van der Waals surface area (Å²) < 4.78 is 0. The van der Waals surface area contributed by atoms with E-state index in [0.717, 1.165) is 6.54 Å². The van der Waals surface area contributed by atoms with Crippen LogP contribution in [0.15, 0.2) is 84.9 Å². The van der Waals surface area contributed by atoms with Gasteiger partial charge in [0.25, 0.3) is 0 Å². The molecule has 2 heteroatoms. The minimum absolute atomic E-state index is 0.288. The molecule has 1 atom stereocenters. The van der Waals surface area contributed by atoms with E-state index in [1.165, 1.54) is 22.6 Å². The van der Waals surface area contributed by atoms with E-state index in [1.54, 1.807) is 0 Å². The standard InChI is InChI=1S/C20H18N2/c1-3-9-16(10-4-1)19-15-22(17-11-5-2-6-12-17)20-14-8-7-13-18(20)21-19/h1-14,19,21H,15H2/t19-/m1/s1. The summed E-state index contributed by atoms with van der Waals surface area (Å²) >= 11 is 0. The van der Waals surface area contributed by atoms with Crippen molar-refractivity contribution in [2.75, 3.05) is 16.8 Å². The van der Waals surface area contributed by atoms with Crippen LogP contribution >= 0.6 is 0 Å². The van der Waals surface area contributed by atoms with E-state index in [2.05, 4.69) is 95.1 Å². The molecule has 1 heterocycles. The second kappa shape index (κ2) is 5.57. The molecule has 0 bridgehead atoms. The molecular weight excluding hydrogens is 268 g/mol. The summed E-state index contributed by atoms with van der Waals surface area (Å²) in [6, 6.07) is 30.0. The van der Waals surface area contributed by atoms with Crippen LogP contribution in [0.4, 0.5) is 17.1 Å². The van der Waals surface area contributed by atoms with Gasteiger partial charge in [-0.25, -0.2) is 0 Å². The molecule has 0 spiro atoms. The van der Waals surface area contributed by atoms with Gasteiger partial charge in [-0.2, -0.15) is 0 Å². The highest BCUT2D eigenvalue weighted by molar-refractivity contribution is 5.79. The van der Waals surface area contributed by atoms with Gasteiger partial charge in [-0.15, -0.1) is 0 Å². The van der Waals surface area contributed by atoms with Crippen molar-refractivity contribution in [1.82, 2.24) is 0 Å². The minimum atomic E-state index is 0.288. The topological polar surface area (TPSA) is 15.3 Å². The number of para-hydroxylation sites is 3. The number of rotatable bonds is 2. The van der Waals surface area contributed by atoms with E-state index in [4.69, 9.17) is 0 Å². The second-order valence-electron chi connectivity index (χ2n) is 5.57. The molecule has 3 aromatic carbocycles. The number of benzene rings is 3. The van der Waals surface area contributed by atoms with Gasteiger partial charge in [-0.05, 0) is 29.8 Å². The number of fused-ring (bicyclic) bond motifs is 1. The van der Waals surface area contributed by atoms with Crippen molar-refractivity contribution in [3.63, 3.8) is 0 Å². The zero-order valence-corrected chi connectivity index (χ0v) is 12.3. The summed E-state index contributed by atoms with van der Waals surface area (Å²) in [7, 11) is 0. The summed E-state index contributed by atoms with van der Waals surface area (Å²) in [5, 5.41) is 3.67. The lowest BCUT2D eigenvalue weighted by molar-refractivity contribution is 0.746. The molecule has 0 amide bonds. The average Bonchev–Trinajstić information content (AvgIpc) is 2.62. The second-order valence-corrected chi connectivity index (χ2v) is 5.57. The highest BCUT2D eigenvalue weighted by Gasteiger charge is 2.25. The van der Waals surface area contributed by atoms with Crippen LogP contribution in [0.2, 0.25) is 0 Å². The third-order valence-electron chi connectivity index (χ3n) is 4.16. The predicted octanol–water partition coefficient (Wildman–Crippen LogP) is 4.99. The van der Waals surface area contributed by atoms with Gasteiger partial charge in [0.05, 0.1) is 17.4 Å². The monoisotopic (exact) mass is 286 g/mol. The molecule has 4 rings (SSSR count). The highest BCUT2D eigenvalue weighted by atomic mass is 15.2. The van der Waals surface area contributed by atoms with Crippen molar-refractivity contribution in [1.29, 1.82) is 0 Å². The number of anilines is 3. The van der Waals surface area contributed by atoms with Gasteiger partial charge in [0.2, 0.25) is 0 Å². The Balaban J connectivity index is 1.77. The SMILES string of the molecule is c1ccc([C@H]2CN(c3ccccc3)c3ccccc3N2)cc1. The van der Waals surface area contributed by atoms with E-state index in [-0.39, 0.29) is 6.04 Å². The highest BCUT2D eigenvalue weighted by Crippen LogP contribution is 2.39. The number of nitrogens with one attached hydrogen (secondary N) is 1. The predicted molar refractivity (Wildman–Crippen MR) is 92.7 cm³/mol. The maximum Gasteiger partial charge on any atom is 0.0694 e. The van der Waals surface area contributed by atoms with Crippen molar-refractivity contribution in [3.8, 4) is 0 Å². The lowest BCUT2D eigenvalue weighted by atomic mass is 10.0. The fourth-order valence-electron chi connectivity index (χ4n) is 3.07. The lowest BCUT2D eigenvalue weighted by Gasteiger charge is -2.37. The third kappa shape index (κ3) is 2.33. The Morgan fingerprint density at radius 3 is 2.14 bits per heavy atom. The van der Waals surface area contributed by atoms with Gasteiger partial charge in [0.15, 0.2) is 0 Å². The quantitative estimate of drug-likeness (QED) is 0.714. The number of nitrogens with zero attached hydrogens (tertiary/aromatic N) is 1. The van der Waals surface area contributed by atoms with Crippen molar-refractivity contribution in [3.05, 3.63) is 90.5 Å². The summed E-state index contributed by atoms with van der Waals surface area (Å²) in [6.45, 7) is 0.922. The molecule has 3 aromatic rings. The molecule has 0 aliphatic carbocycles. The lowest BCUT2D eigenvalue weighted by Crippen LogP contribution is -2.33. The van der Waals surface area contributed by atoms with E-state index < -0.39 is 0 Å². The molecule has 0 unspecified atom stereocenters. The molecular formula is C20H18N2. The van der Waals surface area contributed by atoms with E-state index in [0.29, 0.717) is 0 Å². The molecule has 0 aromatic heterocycles. The summed E-state index contributed by atoms with van der Waals surface area (Å²) in [6.07, 6.45) is 0. The molecule has 0 fully saturated rings. The van der Waals surface area contributed by atoms with Crippen molar-refractivity contribution >= 4 is 17.1 Å². The van der Waals surface area contributed by atoms with Crippen LogP contribution in [0, 0.1) is 0 Å². The van der Waals surface area contributed by atoms with Gasteiger partial charge < -0.3 is 10.2 Å². The maximum atomic E-state index is 3.67. The smallest absolute Gasteiger partial charge is 0.0694 e. The fourth-order valence-corrected chi connectivity index (χ4v) is 3.07. The molecule has 0 radical (unpaired) electrons. The Kier molecular flexibility index (Phi) is 3.28. The number of hydrogen-bond donors (Lipinski definition) is 1. The largest absolute Gasteiger partial charge is 0.375 e. The first kappa shape index (κ1) is 13.0. The van der Waals surface area contributed by atoms with Crippen molar-refractivity contribution in [2.45, 2.75) is 6.04 Å². The van der Waals surface area contributed by atoms with Crippen LogP contribution in [-0.4, -0.2) is 6.54 Å². The zero-order chi connectivity index (χ0) is 14.8. The molecule has 1 N–H and O–H groups in total. The zero-order valence-electron chi connectivity index (χ0n) is 12.3. The first-order valence-corrected chi connectivity index (χ1v) is 7.65. The average molecular weight is 286 g/mol. The normalized spacial score (nSPS) is 16.7. The van der Waals surface area contributed by atoms with Crippen LogP contribution < -0.4 is 10.2 Å². The van der Waals surface area contributed by atoms with Gasteiger partial charge in [0, 0.05) is 12.2 Å². The summed E-state index contributed by atoms with van der Waals surface area (Å²) in [5.41, 5.74) is 4.97. The Labute approximate surface area is 131 Å². The van der Waals surface area contributed by atoms with Gasteiger partial charge in [0.1, 0.15) is 0 Å². The Morgan fingerprint density at radius 1 is 0.727 bits per heavy atom. The van der Waals surface area contributed by atoms with Crippen LogP contribution in [0.25, 0.3) is 0 Å². The van der Waals surface area contributed by atoms with E-state index in [9.17, 15) is 0 Å². The third-order valence-corrected chi connectivity index (χ3v) is 4.16. The first-order chi connectivity index (χ1) is 10.9. The fraction of sp³-hybridized carbons (Fsp3) is 0.100. The number of hydrogen-bond acceptors (Lipinski definition) is 2. The molecule has 2 nitrogen and oxygen atoms in total. The molecule has 0 saturated heterocycles. The van der Waals surface area contributed by atoms with Gasteiger partial charge in [-0.3, -0.25) is 0 Å². The van der Waals surface area contributed by atoms with E-state index >= 15 is 0 Å². The van der Waals surface area contributed by atoms with E-state index in [1.807, 2.05) is 0 Å². The minimum Gasteiger partial charge on any atom is -0.375 e. The van der Waals surface area contributed by atoms with Crippen molar-refractivity contribution in [2.24, 2.45) is 0 Å². The molecule has 0 saturated carbocycles.